The van der Waals surface area contributed by atoms with Gasteiger partial charge in [-0.3, -0.25) is 5.41 Å². The highest BCUT2D eigenvalue weighted by Gasteiger charge is 2.06. The Labute approximate surface area is 101 Å². The van der Waals surface area contributed by atoms with E-state index in [4.69, 9.17) is 28.5 Å². The van der Waals surface area contributed by atoms with Gasteiger partial charge in [-0.15, -0.1) is 0 Å². The molecule has 4 nitrogen and oxygen atoms in total. The number of nitrogens with one attached hydrogen (secondary N) is 1. The van der Waals surface area contributed by atoms with Crippen LogP contribution in [0.1, 0.15) is 5.56 Å². The van der Waals surface area contributed by atoms with E-state index in [0.29, 0.717) is 11.3 Å². The van der Waals surface area contributed by atoms with Crippen molar-refractivity contribution in [1.29, 1.82) is 5.41 Å². The minimum Gasteiger partial charge on any atom is -0.370 e. The quantitative estimate of drug-likeness (QED) is 0.561. The number of halogens is 2. The second kappa shape index (κ2) is 5.72. The van der Waals surface area contributed by atoms with E-state index in [1.807, 2.05) is 0 Å². The number of hydrogen-bond acceptors (Lipinski definition) is 2. The second-order valence-electron chi connectivity index (χ2n) is 2.84. The van der Waals surface area contributed by atoms with E-state index in [9.17, 15) is 4.39 Å². The molecule has 1 aromatic carbocycles. The Balaban J connectivity index is 2.65. The van der Waals surface area contributed by atoms with Crippen LogP contribution in [0.4, 0.5) is 4.39 Å². The maximum Gasteiger partial charge on any atom is 0.193 e. The summed E-state index contributed by atoms with van der Waals surface area (Å²) < 4.78 is 13.1. The third-order valence-corrected chi connectivity index (χ3v) is 2.87. The number of nitrogens with two attached hydrogens (primary N) is 2. The van der Waals surface area contributed by atoms with Crippen LogP contribution in [-0.4, -0.2) is 11.1 Å². The first-order chi connectivity index (χ1) is 7.50. The Morgan fingerprint density at radius 3 is 2.81 bits per heavy atom. The van der Waals surface area contributed by atoms with Crippen LogP contribution in [0, 0.1) is 11.2 Å². The highest BCUT2D eigenvalue weighted by Crippen LogP contribution is 2.24. The van der Waals surface area contributed by atoms with Crippen LogP contribution in [0.25, 0.3) is 0 Å². The maximum atomic E-state index is 13.1. The summed E-state index contributed by atoms with van der Waals surface area (Å²) in [5.74, 6) is -0.317. The zero-order valence-corrected chi connectivity index (χ0v) is 9.78. The van der Waals surface area contributed by atoms with Crippen molar-refractivity contribution in [2.75, 3.05) is 0 Å². The molecule has 0 bridgehead atoms. The van der Waals surface area contributed by atoms with Gasteiger partial charge in [-0.05, 0) is 11.6 Å². The van der Waals surface area contributed by atoms with Gasteiger partial charge in [-0.1, -0.05) is 35.5 Å². The van der Waals surface area contributed by atoms with Crippen molar-refractivity contribution in [2.45, 2.75) is 5.75 Å². The first kappa shape index (κ1) is 12.8. The van der Waals surface area contributed by atoms with Crippen molar-refractivity contribution in [3.8, 4) is 0 Å². The van der Waals surface area contributed by atoms with E-state index in [1.165, 1.54) is 6.07 Å². The SMILES string of the molecule is N=C(N=C(N)N)SCc1cccc(F)c1Cl. The molecule has 0 aromatic heterocycles. The number of benzene rings is 1. The Bertz CT molecular complexity index is 432. The van der Waals surface area contributed by atoms with E-state index < -0.39 is 5.82 Å². The predicted octanol–water partition coefficient (Wildman–Crippen LogP) is 1.92. The van der Waals surface area contributed by atoms with Gasteiger partial charge in [0.05, 0.1) is 5.02 Å². The van der Waals surface area contributed by atoms with Crippen molar-refractivity contribution in [3.63, 3.8) is 0 Å². The van der Waals surface area contributed by atoms with Gasteiger partial charge < -0.3 is 11.5 Å². The summed E-state index contributed by atoms with van der Waals surface area (Å²) in [4.78, 5) is 3.53. The molecule has 0 aliphatic carbocycles. The Hall–Kier alpha value is -1.27. The van der Waals surface area contributed by atoms with Crippen molar-refractivity contribution in [1.82, 2.24) is 0 Å². The molecule has 0 unspecified atom stereocenters. The molecular weight excluding hydrogens is 251 g/mol. The molecule has 16 heavy (non-hydrogen) atoms. The minimum atomic E-state index is -0.479. The molecule has 0 saturated heterocycles. The van der Waals surface area contributed by atoms with Gasteiger partial charge in [0.1, 0.15) is 5.82 Å². The molecule has 86 valence electrons. The van der Waals surface area contributed by atoms with Gasteiger partial charge in [-0.25, -0.2) is 4.39 Å². The molecule has 0 aliphatic rings. The Morgan fingerprint density at radius 2 is 2.19 bits per heavy atom. The lowest BCUT2D eigenvalue weighted by Crippen LogP contribution is -2.23. The van der Waals surface area contributed by atoms with E-state index in [-0.39, 0.29) is 16.1 Å². The normalized spacial score (nSPS) is 9.88. The first-order valence-electron chi connectivity index (χ1n) is 4.24. The van der Waals surface area contributed by atoms with Gasteiger partial charge in [0.15, 0.2) is 11.1 Å². The zero-order valence-electron chi connectivity index (χ0n) is 8.21. The number of aliphatic imine (C=N–C) groups is 1. The minimum absolute atomic E-state index is 0.0414. The molecule has 1 aromatic rings. The molecule has 0 aliphatic heterocycles. The average molecular weight is 261 g/mol. The molecule has 5 N–H and O–H groups in total. The molecule has 7 heteroatoms. The van der Waals surface area contributed by atoms with Crippen molar-refractivity contribution < 1.29 is 4.39 Å². The number of thioether (sulfide) groups is 1. The van der Waals surface area contributed by atoms with Crippen LogP contribution < -0.4 is 11.5 Å². The number of rotatable bonds is 2. The van der Waals surface area contributed by atoms with E-state index in [0.717, 1.165) is 11.8 Å². The second-order valence-corrected chi connectivity index (χ2v) is 4.19. The van der Waals surface area contributed by atoms with E-state index in [2.05, 4.69) is 4.99 Å². The van der Waals surface area contributed by atoms with Crippen LogP contribution in [-0.2, 0) is 5.75 Å². The highest BCUT2D eigenvalue weighted by atomic mass is 35.5. The topological polar surface area (TPSA) is 88.2 Å². The molecule has 0 fully saturated rings. The van der Waals surface area contributed by atoms with Gasteiger partial charge in [0.2, 0.25) is 0 Å². The average Bonchev–Trinajstić information content (AvgIpc) is 2.19. The number of nitrogens with zero attached hydrogens (tertiary/aromatic N) is 1. The summed E-state index contributed by atoms with van der Waals surface area (Å²) in [6.45, 7) is 0. The molecule has 0 spiro atoms. The lowest BCUT2D eigenvalue weighted by molar-refractivity contribution is 0.627. The maximum absolute atomic E-state index is 13.1. The zero-order chi connectivity index (χ0) is 12.1. The summed E-state index contributed by atoms with van der Waals surface area (Å²) in [5.41, 5.74) is 10.8. The third-order valence-electron chi connectivity index (χ3n) is 1.63. The molecule has 1 rings (SSSR count). The molecule has 0 radical (unpaired) electrons. The van der Waals surface area contributed by atoms with Crippen LogP contribution >= 0.6 is 23.4 Å². The molecule has 0 amide bonds. The summed E-state index contributed by atoms with van der Waals surface area (Å²) in [6.07, 6.45) is 0. The summed E-state index contributed by atoms with van der Waals surface area (Å²) in [6, 6.07) is 4.51. The Kier molecular flexibility index (Phi) is 4.57. The monoisotopic (exact) mass is 260 g/mol. The van der Waals surface area contributed by atoms with Crippen LogP contribution in [0.3, 0.4) is 0 Å². The lowest BCUT2D eigenvalue weighted by Gasteiger charge is -2.03. The van der Waals surface area contributed by atoms with Crippen LogP contribution in [0.15, 0.2) is 23.2 Å². The largest absolute Gasteiger partial charge is 0.370 e. The smallest absolute Gasteiger partial charge is 0.193 e. The van der Waals surface area contributed by atoms with Gasteiger partial charge in [-0.2, -0.15) is 4.99 Å². The van der Waals surface area contributed by atoms with E-state index in [1.54, 1.807) is 12.1 Å². The molecule has 0 heterocycles. The number of amidine groups is 1. The highest BCUT2D eigenvalue weighted by molar-refractivity contribution is 8.13. The summed E-state index contributed by atoms with van der Waals surface area (Å²) in [7, 11) is 0. The molecule has 0 atom stereocenters. The third kappa shape index (κ3) is 3.71. The van der Waals surface area contributed by atoms with Gasteiger partial charge in [0, 0.05) is 5.75 Å². The Morgan fingerprint density at radius 1 is 1.50 bits per heavy atom. The lowest BCUT2D eigenvalue weighted by atomic mass is 10.2. The fraction of sp³-hybridized carbons (Fsp3) is 0.111. The fourth-order valence-electron chi connectivity index (χ4n) is 0.956. The standard InChI is InChI=1S/C9H10ClFN4S/c10-7-5(2-1-3-6(7)11)4-16-9(14)15-8(12)13/h1-3H,4H2,(H5,12,13,14,15). The van der Waals surface area contributed by atoms with Crippen LogP contribution in [0.2, 0.25) is 5.02 Å². The first-order valence-corrected chi connectivity index (χ1v) is 5.61. The van der Waals surface area contributed by atoms with Gasteiger partial charge in [0.25, 0.3) is 0 Å². The van der Waals surface area contributed by atoms with Gasteiger partial charge >= 0.3 is 0 Å². The van der Waals surface area contributed by atoms with Crippen LogP contribution in [0.5, 0.6) is 0 Å². The predicted molar refractivity (Wildman–Crippen MR) is 66.2 cm³/mol. The van der Waals surface area contributed by atoms with Crippen molar-refractivity contribution >= 4 is 34.5 Å². The summed E-state index contributed by atoms with van der Waals surface area (Å²) >= 11 is 6.80. The number of hydrogen-bond donors (Lipinski definition) is 3. The molecule has 0 saturated carbocycles. The summed E-state index contributed by atoms with van der Waals surface area (Å²) in [5, 5.41) is 7.39. The fourth-order valence-corrected chi connectivity index (χ4v) is 1.93. The van der Waals surface area contributed by atoms with Crippen molar-refractivity contribution in [2.24, 2.45) is 16.5 Å². The molecular formula is C9H10ClFN4S. The van der Waals surface area contributed by atoms with E-state index >= 15 is 0 Å². The van der Waals surface area contributed by atoms with Crippen molar-refractivity contribution in [3.05, 3.63) is 34.6 Å². The number of guanidine groups is 1.